The van der Waals surface area contributed by atoms with Crippen LogP contribution >= 0.6 is 23.6 Å². The zero-order valence-corrected chi connectivity index (χ0v) is 17.8. The van der Waals surface area contributed by atoms with Gasteiger partial charge in [-0.05, 0) is 42.7 Å². The number of amides is 1. The van der Waals surface area contributed by atoms with Crippen LogP contribution in [0.4, 0.5) is 0 Å². The topological polar surface area (TPSA) is 55.1 Å². The normalized spacial score (nSPS) is 11.1. The Morgan fingerprint density at radius 2 is 2.04 bits per heavy atom. The molecule has 0 radical (unpaired) electrons. The second-order valence-electron chi connectivity index (χ2n) is 6.66. The number of carbonyl (C=O) groups excluding carboxylic acids is 1. The summed E-state index contributed by atoms with van der Waals surface area (Å²) in [6.45, 7) is 4.16. The van der Waals surface area contributed by atoms with E-state index in [1.54, 1.807) is 16.0 Å². The molecule has 0 aliphatic rings. The molecule has 1 amide bonds. The summed E-state index contributed by atoms with van der Waals surface area (Å²) in [6.07, 6.45) is 0.925. The summed E-state index contributed by atoms with van der Waals surface area (Å²) < 4.78 is 4.50. The number of thiophene rings is 1. The van der Waals surface area contributed by atoms with Crippen molar-refractivity contribution >= 4 is 29.5 Å². The SMILES string of the molecule is CCCNC(=O)CN(C)Cn1nc(-c2cccs2)n(Cc2ccccc2)c1=S. The van der Waals surface area contributed by atoms with Gasteiger partial charge in [-0.15, -0.1) is 16.4 Å². The third-order valence-corrected chi connectivity index (χ3v) is 5.51. The van der Waals surface area contributed by atoms with Gasteiger partial charge in [-0.3, -0.25) is 14.3 Å². The largest absolute Gasteiger partial charge is 0.355 e. The van der Waals surface area contributed by atoms with Crippen LogP contribution in [-0.4, -0.2) is 45.3 Å². The number of nitrogens with one attached hydrogen (secondary N) is 1. The number of carbonyl (C=O) groups is 1. The molecule has 1 aromatic carbocycles. The van der Waals surface area contributed by atoms with E-state index in [1.165, 1.54) is 5.56 Å². The maximum absolute atomic E-state index is 12.0. The Labute approximate surface area is 174 Å². The molecule has 6 nitrogen and oxygen atoms in total. The average Bonchev–Trinajstić information content (AvgIpc) is 3.31. The van der Waals surface area contributed by atoms with Gasteiger partial charge in [0.2, 0.25) is 5.91 Å². The van der Waals surface area contributed by atoms with Crippen molar-refractivity contribution in [3.63, 3.8) is 0 Å². The van der Waals surface area contributed by atoms with E-state index in [0.29, 0.717) is 31.1 Å². The molecule has 0 saturated carbocycles. The number of likely N-dealkylation sites (N-methyl/N-ethyl adjacent to an activating group) is 1. The van der Waals surface area contributed by atoms with E-state index in [1.807, 2.05) is 48.5 Å². The summed E-state index contributed by atoms with van der Waals surface area (Å²) in [4.78, 5) is 15.0. The maximum Gasteiger partial charge on any atom is 0.234 e. The summed E-state index contributed by atoms with van der Waals surface area (Å²) in [5.74, 6) is 0.866. The Morgan fingerprint density at radius 1 is 1.25 bits per heavy atom. The van der Waals surface area contributed by atoms with Gasteiger partial charge in [-0.1, -0.05) is 43.3 Å². The van der Waals surface area contributed by atoms with Gasteiger partial charge in [0, 0.05) is 6.54 Å². The van der Waals surface area contributed by atoms with E-state index in [4.69, 9.17) is 17.3 Å². The standard InChI is InChI=1S/C20H25N5OS2/c1-3-11-21-18(26)14-23(2)15-25-20(27)24(13-16-8-5-4-6-9-16)19(22-25)17-10-7-12-28-17/h4-10,12H,3,11,13-15H2,1-2H3,(H,21,26). The van der Waals surface area contributed by atoms with Gasteiger partial charge >= 0.3 is 0 Å². The molecule has 8 heteroatoms. The summed E-state index contributed by atoms with van der Waals surface area (Å²) in [6, 6.07) is 14.3. The fourth-order valence-corrected chi connectivity index (χ4v) is 3.84. The van der Waals surface area contributed by atoms with Crippen LogP contribution < -0.4 is 5.32 Å². The van der Waals surface area contributed by atoms with Crippen LogP contribution in [0.3, 0.4) is 0 Å². The highest BCUT2D eigenvalue weighted by atomic mass is 32.1. The van der Waals surface area contributed by atoms with Crippen LogP contribution in [0.5, 0.6) is 0 Å². The third kappa shape index (κ3) is 5.15. The number of hydrogen-bond acceptors (Lipinski definition) is 5. The zero-order valence-electron chi connectivity index (χ0n) is 16.2. The number of aromatic nitrogens is 3. The molecule has 0 unspecified atom stereocenters. The molecule has 148 valence electrons. The first kappa shape index (κ1) is 20.4. The smallest absolute Gasteiger partial charge is 0.234 e. The molecular weight excluding hydrogens is 390 g/mol. The van der Waals surface area contributed by atoms with E-state index < -0.39 is 0 Å². The molecular formula is C20H25N5OS2. The molecule has 0 bridgehead atoms. The Kier molecular flexibility index (Phi) is 7.13. The van der Waals surface area contributed by atoms with Gasteiger partial charge in [0.15, 0.2) is 10.6 Å². The highest BCUT2D eigenvalue weighted by molar-refractivity contribution is 7.71. The lowest BCUT2D eigenvalue weighted by molar-refractivity contribution is -0.122. The van der Waals surface area contributed by atoms with Gasteiger partial charge < -0.3 is 5.32 Å². The molecule has 1 N–H and O–H groups in total. The molecule has 0 saturated heterocycles. The van der Waals surface area contributed by atoms with Crippen molar-refractivity contribution in [3.05, 3.63) is 58.2 Å². The molecule has 2 aromatic heterocycles. The monoisotopic (exact) mass is 415 g/mol. The predicted molar refractivity (Wildman–Crippen MR) is 116 cm³/mol. The Balaban J connectivity index is 1.83. The lowest BCUT2D eigenvalue weighted by atomic mass is 10.2. The molecule has 0 atom stereocenters. The van der Waals surface area contributed by atoms with Crippen molar-refractivity contribution in [1.29, 1.82) is 0 Å². The van der Waals surface area contributed by atoms with Gasteiger partial charge in [0.05, 0.1) is 24.6 Å². The fraction of sp³-hybridized carbons (Fsp3) is 0.350. The van der Waals surface area contributed by atoms with E-state index in [0.717, 1.165) is 17.1 Å². The lowest BCUT2D eigenvalue weighted by Crippen LogP contribution is -2.36. The van der Waals surface area contributed by atoms with Crippen LogP contribution in [0.25, 0.3) is 10.7 Å². The average molecular weight is 416 g/mol. The zero-order chi connectivity index (χ0) is 19.9. The summed E-state index contributed by atoms with van der Waals surface area (Å²) in [7, 11) is 1.90. The molecule has 0 aliphatic heterocycles. The number of benzene rings is 1. The minimum absolute atomic E-state index is 0.0121. The van der Waals surface area contributed by atoms with Crippen LogP contribution in [0.15, 0.2) is 47.8 Å². The first-order chi connectivity index (χ1) is 13.6. The second kappa shape index (κ2) is 9.77. The number of nitrogens with zero attached hydrogens (tertiary/aromatic N) is 4. The molecule has 3 rings (SSSR count). The molecule has 2 heterocycles. The van der Waals surface area contributed by atoms with E-state index in [-0.39, 0.29) is 5.91 Å². The van der Waals surface area contributed by atoms with Crippen LogP contribution in [0.1, 0.15) is 18.9 Å². The fourth-order valence-electron chi connectivity index (χ4n) is 2.87. The summed E-state index contributed by atoms with van der Waals surface area (Å²) in [5.41, 5.74) is 1.17. The molecule has 0 spiro atoms. The minimum Gasteiger partial charge on any atom is -0.355 e. The minimum atomic E-state index is 0.0121. The van der Waals surface area contributed by atoms with Crippen LogP contribution in [0, 0.1) is 4.77 Å². The summed E-state index contributed by atoms with van der Waals surface area (Å²) >= 11 is 7.37. The van der Waals surface area contributed by atoms with Crippen molar-refractivity contribution in [2.24, 2.45) is 0 Å². The Bertz CT molecular complexity index is 947. The van der Waals surface area contributed by atoms with E-state index in [2.05, 4.69) is 28.1 Å². The summed E-state index contributed by atoms with van der Waals surface area (Å²) in [5, 5.41) is 9.70. The Morgan fingerprint density at radius 3 is 2.71 bits per heavy atom. The van der Waals surface area contributed by atoms with Gasteiger partial charge in [-0.2, -0.15) is 0 Å². The van der Waals surface area contributed by atoms with Gasteiger partial charge in [0.25, 0.3) is 0 Å². The van der Waals surface area contributed by atoms with E-state index in [9.17, 15) is 4.79 Å². The van der Waals surface area contributed by atoms with Crippen molar-refractivity contribution in [1.82, 2.24) is 24.6 Å². The maximum atomic E-state index is 12.0. The quantitative estimate of drug-likeness (QED) is 0.543. The highest BCUT2D eigenvalue weighted by Gasteiger charge is 2.16. The molecule has 28 heavy (non-hydrogen) atoms. The molecule has 3 aromatic rings. The first-order valence-electron chi connectivity index (χ1n) is 9.29. The highest BCUT2D eigenvalue weighted by Crippen LogP contribution is 2.24. The predicted octanol–water partition coefficient (Wildman–Crippen LogP) is 3.61. The van der Waals surface area contributed by atoms with Gasteiger partial charge in [0.1, 0.15) is 0 Å². The lowest BCUT2D eigenvalue weighted by Gasteiger charge is -2.15. The number of hydrogen-bond donors (Lipinski definition) is 1. The van der Waals surface area contributed by atoms with Gasteiger partial charge in [-0.25, -0.2) is 4.68 Å². The number of rotatable bonds is 9. The Hall–Kier alpha value is -2.29. The van der Waals surface area contributed by atoms with Crippen LogP contribution in [0.2, 0.25) is 0 Å². The van der Waals surface area contributed by atoms with Crippen molar-refractivity contribution in [3.8, 4) is 10.7 Å². The molecule has 0 fully saturated rings. The van der Waals surface area contributed by atoms with Crippen molar-refractivity contribution in [2.75, 3.05) is 20.1 Å². The van der Waals surface area contributed by atoms with E-state index >= 15 is 0 Å². The first-order valence-corrected chi connectivity index (χ1v) is 10.6. The molecule has 0 aliphatic carbocycles. The third-order valence-electron chi connectivity index (χ3n) is 4.21. The second-order valence-corrected chi connectivity index (χ2v) is 7.97. The van der Waals surface area contributed by atoms with Crippen molar-refractivity contribution in [2.45, 2.75) is 26.6 Å². The van der Waals surface area contributed by atoms with Crippen LogP contribution in [-0.2, 0) is 18.0 Å². The van der Waals surface area contributed by atoms with Crippen molar-refractivity contribution < 1.29 is 4.79 Å².